The van der Waals surface area contributed by atoms with Gasteiger partial charge in [0.2, 0.25) is 0 Å². The monoisotopic (exact) mass is 248 g/mol. The predicted molar refractivity (Wildman–Crippen MR) is 52.5 cm³/mol. The van der Waals surface area contributed by atoms with Crippen LogP contribution in [0.5, 0.6) is 0 Å². The number of rotatable bonds is 0. The van der Waals surface area contributed by atoms with Crippen LogP contribution >= 0.6 is 11.6 Å². The van der Waals surface area contributed by atoms with Crippen LogP contribution in [0, 0.1) is 0 Å². The summed E-state index contributed by atoms with van der Waals surface area (Å²) in [7, 11) is 0. The summed E-state index contributed by atoms with van der Waals surface area (Å²) < 4.78 is 42.4. The molecule has 0 saturated heterocycles. The van der Waals surface area contributed by atoms with Crippen LogP contribution in [0.15, 0.2) is 33.5 Å². The Morgan fingerprint density at radius 3 is 2.50 bits per heavy atom. The second-order valence-corrected chi connectivity index (χ2v) is 3.55. The molecular weight excluding hydrogens is 245 g/mol. The first-order valence-electron chi connectivity index (χ1n) is 4.18. The van der Waals surface area contributed by atoms with E-state index in [1.165, 1.54) is 18.2 Å². The van der Waals surface area contributed by atoms with Crippen molar-refractivity contribution in [2.24, 2.45) is 0 Å². The van der Waals surface area contributed by atoms with Crippen LogP contribution in [0.4, 0.5) is 13.2 Å². The molecule has 0 fully saturated rings. The van der Waals surface area contributed by atoms with Crippen molar-refractivity contribution >= 4 is 22.6 Å². The number of hydrogen-bond donors (Lipinski definition) is 0. The molecule has 84 valence electrons. The van der Waals surface area contributed by atoms with Gasteiger partial charge in [0, 0.05) is 22.5 Å². The van der Waals surface area contributed by atoms with Crippen LogP contribution in [0.3, 0.4) is 0 Å². The van der Waals surface area contributed by atoms with Crippen LogP contribution in [0.25, 0.3) is 11.0 Å². The minimum absolute atomic E-state index is 0.174. The molecule has 0 spiro atoms. The lowest BCUT2D eigenvalue weighted by Crippen LogP contribution is -2.10. The van der Waals surface area contributed by atoms with Gasteiger partial charge in [0.05, 0.1) is 5.56 Å². The smallest absolute Gasteiger partial charge is 0.417 e. The SMILES string of the molecule is O=c1cc(C(F)(F)F)c2ccc(Cl)cc2o1. The highest BCUT2D eigenvalue weighted by atomic mass is 35.5. The van der Waals surface area contributed by atoms with Crippen molar-refractivity contribution in [3.63, 3.8) is 0 Å². The highest BCUT2D eigenvalue weighted by molar-refractivity contribution is 6.31. The van der Waals surface area contributed by atoms with Crippen LogP contribution in [-0.4, -0.2) is 0 Å². The van der Waals surface area contributed by atoms with Crippen molar-refractivity contribution in [3.8, 4) is 0 Å². The van der Waals surface area contributed by atoms with Gasteiger partial charge in [0.25, 0.3) is 0 Å². The molecule has 0 aliphatic heterocycles. The van der Waals surface area contributed by atoms with Crippen LogP contribution in [0.2, 0.25) is 5.02 Å². The van der Waals surface area contributed by atoms with Gasteiger partial charge in [-0.1, -0.05) is 11.6 Å². The highest BCUT2D eigenvalue weighted by Gasteiger charge is 2.33. The fraction of sp³-hybridized carbons (Fsp3) is 0.100. The quantitative estimate of drug-likeness (QED) is 0.668. The summed E-state index contributed by atoms with van der Waals surface area (Å²) in [4.78, 5) is 11.0. The summed E-state index contributed by atoms with van der Waals surface area (Å²) in [5.41, 5.74) is -2.25. The fourth-order valence-electron chi connectivity index (χ4n) is 1.37. The Bertz CT molecular complexity index is 601. The second-order valence-electron chi connectivity index (χ2n) is 3.12. The third kappa shape index (κ3) is 1.90. The second kappa shape index (κ2) is 3.52. The molecule has 0 N–H and O–H groups in total. The van der Waals surface area contributed by atoms with E-state index in [2.05, 4.69) is 4.42 Å². The molecule has 0 saturated carbocycles. The Kier molecular flexibility index (Phi) is 2.42. The number of benzene rings is 1. The summed E-state index contributed by atoms with van der Waals surface area (Å²) in [5.74, 6) is 0. The van der Waals surface area contributed by atoms with E-state index in [9.17, 15) is 18.0 Å². The summed E-state index contributed by atoms with van der Waals surface area (Å²) >= 11 is 5.59. The van der Waals surface area contributed by atoms with Gasteiger partial charge in [-0.3, -0.25) is 0 Å². The summed E-state index contributed by atoms with van der Waals surface area (Å²) in [5, 5.41) is 0.0199. The first kappa shape index (κ1) is 11.0. The molecule has 16 heavy (non-hydrogen) atoms. The minimum Gasteiger partial charge on any atom is -0.423 e. The van der Waals surface area contributed by atoms with Crippen LogP contribution in [-0.2, 0) is 6.18 Å². The molecule has 0 aliphatic rings. The molecule has 1 aromatic heterocycles. The van der Waals surface area contributed by atoms with Crippen molar-refractivity contribution in [1.29, 1.82) is 0 Å². The molecule has 0 aliphatic carbocycles. The summed E-state index contributed by atoms with van der Waals surface area (Å²) in [6, 6.07) is 4.08. The maximum atomic E-state index is 12.6. The Morgan fingerprint density at radius 2 is 1.88 bits per heavy atom. The molecule has 6 heteroatoms. The first-order valence-corrected chi connectivity index (χ1v) is 4.56. The number of alkyl halides is 3. The van der Waals surface area contributed by atoms with E-state index >= 15 is 0 Å². The van der Waals surface area contributed by atoms with Crippen LogP contribution < -0.4 is 5.63 Å². The fourth-order valence-corrected chi connectivity index (χ4v) is 1.53. The van der Waals surface area contributed by atoms with Gasteiger partial charge in [0.15, 0.2) is 0 Å². The molecule has 2 aromatic rings. The van der Waals surface area contributed by atoms with Gasteiger partial charge in [-0.15, -0.1) is 0 Å². The van der Waals surface area contributed by atoms with E-state index in [0.717, 1.165) is 0 Å². The maximum Gasteiger partial charge on any atom is 0.417 e. The molecule has 2 rings (SSSR count). The Labute approximate surface area is 92.2 Å². The third-order valence-electron chi connectivity index (χ3n) is 2.01. The van der Waals surface area contributed by atoms with E-state index < -0.39 is 17.4 Å². The molecular formula is C10H4ClF3O2. The highest BCUT2D eigenvalue weighted by Crippen LogP contribution is 2.34. The van der Waals surface area contributed by atoms with Crippen molar-refractivity contribution in [1.82, 2.24) is 0 Å². The molecule has 0 unspecified atom stereocenters. The minimum atomic E-state index is -4.60. The van der Waals surface area contributed by atoms with Crippen molar-refractivity contribution in [2.45, 2.75) is 6.18 Å². The van der Waals surface area contributed by atoms with Gasteiger partial charge >= 0.3 is 11.8 Å². The molecule has 1 aromatic carbocycles. The van der Waals surface area contributed by atoms with Gasteiger partial charge in [0.1, 0.15) is 5.58 Å². The zero-order valence-corrected chi connectivity index (χ0v) is 8.39. The average molecular weight is 249 g/mol. The number of fused-ring (bicyclic) bond motifs is 1. The number of halogens is 4. The molecule has 0 radical (unpaired) electrons. The lowest BCUT2D eigenvalue weighted by atomic mass is 10.1. The van der Waals surface area contributed by atoms with Gasteiger partial charge < -0.3 is 4.42 Å². The zero-order chi connectivity index (χ0) is 11.9. The molecule has 0 amide bonds. The Hall–Kier alpha value is -1.49. The molecule has 0 atom stereocenters. The molecule has 0 bridgehead atoms. The Morgan fingerprint density at radius 1 is 1.19 bits per heavy atom. The van der Waals surface area contributed by atoms with Crippen molar-refractivity contribution < 1.29 is 17.6 Å². The largest absolute Gasteiger partial charge is 0.423 e. The van der Waals surface area contributed by atoms with E-state index in [1.807, 2.05) is 0 Å². The van der Waals surface area contributed by atoms with E-state index in [-0.39, 0.29) is 16.0 Å². The summed E-state index contributed by atoms with van der Waals surface area (Å²) in [6.45, 7) is 0. The van der Waals surface area contributed by atoms with Gasteiger partial charge in [-0.2, -0.15) is 13.2 Å². The van der Waals surface area contributed by atoms with Gasteiger partial charge in [-0.05, 0) is 12.1 Å². The summed E-state index contributed by atoms with van der Waals surface area (Å²) in [6.07, 6.45) is -4.60. The lowest BCUT2D eigenvalue weighted by molar-refractivity contribution is -0.136. The van der Waals surface area contributed by atoms with Crippen LogP contribution in [0.1, 0.15) is 5.56 Å². The van der Waals surface area contributed by atoms with E-state index in [4.69, 9.17) is 11.6 Å². The topological polar surface area (TPSA) is 30.2 Å². The first-order chi connectivity index (χ1) is 7.38. The predicted octanol–water partition coefficient (Wildman–Crippen LogP) is 3.47. The van der Waals surface area contributed by atoms with E-state index in [0.29, 0.717) is 6.07 Å². The Balaban J connectivity index is 2.89. The van der Waals surface area contributed by atoms with Gasteiger partial charge in [-0.25, -0.2) is 4.79 Å². The van der Waals surface area contributed by atoms with Crippen molar-refractivity contribution in [3.05, 3.63) is 45.3 Å². The maximum absolute atomic E-state index is 12.6. The molecule has 2 nitrogen and oxygen atoms in total. The molecule has 1 heterocycles. The third-order valence-corrected chi connectivity index (χ3v) is 2.25. The standard InChI is InChI=1S/C10H4ClF3O2/c11-5-1-2-6-7(10(12,13)14)4-9(15)16-8(6)3-5/h1-4H. The number of hydrogen-bond acceptors (Lipinski definition) is 2. The van der Waals surface area contributed by atoms with E-state index in [1.54, 1.807) is 0 Å². The lowest BCUT2D eigenvalue weighted by Gasteiger charge is -2.08. The van der Waals surface area contributed by atoms with Crippen molar-refractivity contribution in [2.75, 3.05) is 0 Å². The zero-order valence-electron chi connectivity index (χ0n) is 7.64. The average Bonchev–Trinajstić information content (AvgIpc) is 2.14. The normalized spacial score (nSPS) is 12.0.